The molecular formula is C26H21N3O. The number of fused-ring (bicyclic) bond motifs is 1. The van der Waals surface area contributed by atoms with Crippen LogP contribution in [0.2, 0.25) is 0 Å². The van der Waals surface area contributed by atoms with Crippen LogP contribution in [0.5, 0.6) is 5.75 Å². The van der Waals surface area contributed by atoms with Crippen LogP contribution in [0.4, 0.5) is 0 Å². The van der Waals surface area contributed by atoms with E-state index < -0.39 is 5.60 Å². The lowest BCUT2D eigenvalue weighted by molar-refractivity contribution is 0.0633. The molecule has 1 aliphatic carbocycles. The van der Waals surface area contributed by atoms with E-state index in [1.165, 1.54) is 0 Å². The Balaban J connectivity index is 1.76. The third-order valence-corrected chi connectivity index (χ3v) is 5.51. The molecule has 0 aromatic heterocycles. The maximum atomic E-state index is 9.33. The van der Waals surface area contributed by atoms with E-state index in [9.17, 15) is 10.5 Å². The summed E-state index contributed by atoms with van der Waals surface area (Å²) in [5.41, 5.74) is 4.60. The summed E-state index contributed by atoms with van der Waals surface area (Å²) < 4.78 is 6.56. The summed E-state index contributed by atoms with van der Waals surface area (Å²) in [6, 6.07) is 15.6. The molecule has 30 heavy (non-hydrogen) atoms. The van der Waals surface area contributed by atoms with E-state index in [2.05, 4.69) is 23.7 Å². The molecule has 0 amide bonds. The number of nitrogens with zero attached hydrogens (tertiary/aromatic N) is 3. The van der Waals surface area contributed by atoms with Gasteiger partial charge < -0.3 is 4.74 Å². The Morgan fingerprint density at radius 2 is 1.90 bits per heavy atom. The first-order valence-corrected chi connectivity index (χ1v) is 9.93. The number of nitriles is 2. The number of allylic oxidation sites excluding steroid dienone is 4. The van der Waals surface area contributed by atoms with Crippen LogP contribution in [0.3, 0.4) is 0 Å². The highest BCUT2D eigenvalue weighted by atomic mass is 16.5. The van der Waals surface area contributed by atoms with E-state index in [-0.39, 0.29) is 0 Å². The molecule has 2 aromatic carbocycles. The molecule has 0 N–H and O–H groups in total. The average Bonchev–Trinajstić information content (AvgIpc) is 2.84. The minimum absolute atomic E-state index is 0.471. The summed E-state index contributed by atoms with van der Waals surface area (Å²) in [7, 11) is 0. The van der Waals surface area contributed by atoms with Crippen LogP contribution in [0, 0.1) is 22.8 Å². The van der Waals surface area contributed by atoms with Gasteiger partial charge in [-0.1, -0.05) is 54.7 Å². The lowest BCUT2D eigenvalue weighted by Crippen LogP contribution is -2.42. The second-order valence-electron chi connectivity index (χ2n) is 7.68. The molecule has 1 atom stereocenters. The van der Waals surface area contributed by atoms with E-state index in [4.69, 9.17) is 4.74 Å². The molecule has 2 aromatic rings. The minimum atomic E-state index is -0.471. The molecule has 1 aliphatic heterocycles. The van der Waals surface area contributed by atoms with Crippen molar-refractivity contribution in [3.8, 4) is 29.1 Å². The molecule has 0 radical (unpaired) electrons. The number of hydrogen-bond acceptors (Lipinski definition) is 4. The fraction of sp³-hybridized carbons (Fsp3) is 0.192. The Hall–Kier alpha value is -3.89. The molecule has 0 saturated heterocycles. The Kier molecular flexibility index (Phi) is 5.33. The molecule has 0 saturated carbocycles. The Bertz CT molecular complexity index is 1170. The van der Waals surface area contributed by atoms with E-state index in [1.807, 2.05) is 60.8 Å². The summed E-state index contributed by atoms with van der Waals surface area (Å²) >= 11 is 0. The first-order chi connectivity index (χ1) is 14.6. The molecule has 1 spiro atoms. The van der Waals surface area contributed by atoms with Gasteiger partial charge in [-0.2, -0.15) is 15.5 Å². The van der Waals surface area contributed by atoms with Crippen LogP contribution >= 0.6 is 0 Å². The van der Waals surface area contributed by atoms with Gasteiger partial charge in [0.15, 0.2) is 0 Å². The van der Waals surface area contributed by atoms with Gasteiger partial charge in [0, 0.05) is 18.4 Å². The molecule has 4 rings (SSSR count). The third-order valence-electron chi connectivity index (χ3n) is 5.51. The van der Waals surface area contributed by atoms with Gasteiger partial charge >= 0.3 is 0 Å². The first kappa shape index (κ1) is 19.4. The maximum absolute atomic E-state index is 9.33. The van der Waals surface area contributed by atoms with Gasteiger partial charge in [-0.15, -0.1) is 0 Å². The van der Waals surface area contributed by atoms with E-state index in [1.54, 1.807) is 6.07 Å². The quantitative estimate of drug-likeness (QED) is 0.571. The van der Waals surface area contributed by atoms with Crippen molar-refractivity contribution in [2.45, 2.75) is 31.3 Å². The number of benzene rings is 2. The normalized spacial score (nSPS) is 23.8. The Labute approximate surface area is 176 Å². The number of hydrogen-bond donors (Lipinski definition) is 0. The highest BCUT2D eigenvalue weighted by Gasteiger charge is 2.39. The molecule has 2 aliphatic rings. The number of rotatable bonds is 1. The summed E-state index contributed by atoms with van der Waals surface area (Å²) in [5.74, 6) is 0.732. The average molecular weight is 391 g/mol. The van der Waals surface area contributed by atoms with Crippen LogP contribution in [-0.2, 0) is 0 Å². The molecule has 0 bridgehead atoms. The minimum Gasteiger partial charge on any atom is -0.486 e. The van der Waals surface area contributed by atoms with Gasteiger partial charge in [0.1, 0.15) is 11.4 Å². The molecular weight excluding hydrogens is 370 g/mol. The van der Waals surface area contributed by atoms with Crippen molar-refractivity contribution in [2.24, 2.45) is 4.99 Å². The number of ether oxygens (including phenoxy) is 1. The van der Waals surface area contributed by atoms with E-state index in [0.29, 0.717) is 18.4 Å². The predicted octanol–water partition coefficient (Wildman–Crippen LogP) is 5.87. The predicted molar refractivity (Wildman–Crippen MR) is 118 cm³/mol. The van der Waals surface area contributed by atoms with Crippen molar-refractivity contribution in [1.29, 1.82) is 10.5 Å². The molecule has 1 unspecified atom stereocenters. The lowest BCUT2D eigenvalue weighted by atomic mass is 9.81. The Morgan fingerprint density at radius 1 is 1.03 bits per heavy atom. The number of aliphatic imine (C=N–C) groups is 1. The molecule has 4 nitrogen and oxygen atoms in total. The molecule has 0 fully saturated rings. The zero-order valence-corrected chi connectivity index (χ0v) is 16.6. The van der Waals surface area contributed by atoms with Crippen molar-refractivity contribution >= 4 is 5.71 Å². The highest BCUT2D eigenvalue weighted by Crippen LogP contribution is 2.41. The van der Waals surface area contributed by atoms with Gasteiger partial charge in [-0.05, 0) is 48.2 Å². The van der Waals surface area contributed by atoms with Crippen molar-refractivity contribution in [1.82, 2.24) is 0 Å². The third kappa shape index (κ3) is 3.95. The van der Waals surface area contributed by atoms with Crippen molar-refractivity contribution in [3.63, 3.8) is 0 Å². The fourth-order valence-corrected chi connectivity index (χ4v) is 4.13. The zero-order valence-electron chi connectivity index (χ0n) is 16.6. The van der Waals surface area contributed by atoms with Crippen LogP contribution in [-0.4, -0.2) is 11.3 Å². The van der Waals surface area contributed by atoms with Crippen LogP contribution in [0.25, 0.3) is 11.1 Å². The van der Waals surface area contributed by atoms with Gasteiger partial charge in [0.2, 0.25) is 6.19 Å². The second-order valence-corrected chi connectivity index (χ2v) is 7.68. The standard InChI is InChI=1S/C26H21N3O/c1-19-7-4-2-3-5-12-26(15-19)16-24(29-18-28)23-14-22(10-11-25(23)30-26)21-9-6-8-20(13-21)17-27/h2-4,6-11,13-14H,1,5,12,15-16H2/b3-2-,7-4-,29-24+. The van der Waals surface area contributed by atoms with Gasteiger partial charge in [0.25, 0.3) is 0 Å². The zero-order chi connectivity index (χ0) is 21.0. The maximum Gasteiger partial charge on any atom is 0.205 e. The SMILES string of the molecule is C=C1/C=C\C=C/CCC2(C1)C/C(=N\C#N)c1cc(-c3cccc(C#N)c3)ccc1O2. The van der Waals surface area contributed by atoms with Crippen LogP contribution < -0.4 is 4.74 Å². The van der Waals surface area contributed by atoms with Crippen LogP contribution in [0.1, 0.15) is 36.8 Å². The van der Waals surface area contributed by atoms with E-state index in [0.717, 1.165) is 46.6 Å². The summed E-state index contributed by atoms with van der Waals surface area (Å²) in [6.07, 6.45) is 13.1. The smallest absolute Gasteiger partial charge is 0.205 e. The van der Waals surface area contributed by atoms with Gasteiger partial charge in [-0.25, -0.2) is 0 Å². The first-order valence-electron chi connectivity index (χ1n) is 9.93. The fourth-order valence-electron chi connectivity index (χ4n) is 4.13. The van der Waals surface area contributed by atoms with E-state index >= 15 is 0 Å². The van der Waals surface area contributed by atoms with Crippen molar-refractivity contribution in [3.05, 3.63) is 90.0 Å². The largest absolute Gasteiger partial charge is 0.486 e. The second kappa shape index (κ2) is 8.23. The lowest BCUT2D eigenvalue weighted by Gasteiger charge is -2.39. The van der Waals surface area contributed by atoms with Gasteiger partial charge in [0.05, 0.1) is 17.3 Å². The molecule has 4 heteroatoms. The van der Waals surface area contributed by atoms with Crippen LogP contribution in [0.15, 0.2) is 83.9 Å². The summed E-state index contributed by atoms with van der Waals surface area (Å²) in [6.45, 7) is 4.17. The summed E-state index contributed by atoms with van der Waals surface area (Å²) in [4.78, 5) is 4.17. The highest BCUT2D eigenvalue weighted by molar-refractivity contribution is 6.05. The Morgan fingerprint density at radius 3 is 2.73 bits per heavy atom. The summed E-state index contributed by atoms with van der Waals surface area (Å²) in [5, 5.41) is 18.5. The van der Waals surface area contributed by atoms with Gasteiger partial charge in [-0.3, -0.25) is 0 Å². The molecule has 1 heterocycles. The van der Waals surface area contributed by atoms with Crippen molar-refractivity contribution < 1.29 is 4.74 Å². The monoisotopic (exact) mass is 391 g/mol. The molecule has 146 valence electrons. The topological polar surface area (TPSA) is 69.2 Å². The van der Waals surface area contributed by atoms with Crippen molar-refractivity contribution in [2.75, 3.05) is 0 Å².